The maximum Gasteiger partial charge on any atom is 0.573 e. The SMILES string of the molecule is CC(C)(C)OC1OC1N1CC[C@@H](OC=O)C[C@@H]1C(=O)Nc1ccc(-c2ccccc2OC(F)(F)F)c(Cl)c1. The molecule has 0 spiro atoms. The van der Waals surface area contributed by atoms with Crippen LogP contribution < -0.4 is 10.1 Å². The summed E-state index contributed by atoms with van der Waals surface area (Å²) in [5, 5.41) is 2.92. The van der Waals surface area contributed by atoms with Gasteiger partial charge in [-0.1, -0.05) is 35.9 Å². The van der Waals surface area contributed by atoms with Crippen LogP contribution in [0.5, 0.6) is 5.75 Å². The third kappa shape index (κ3) is 7.16. The van der Waals surface area contributed by atoms with Gasteiger partial charge < -0.3 is 24.3 Å². The van der Waals surface area contributed by atoms with E-state index in [4.69, 9.17) is 25.8 Å². The monoisotopic (exact) mass is 556 g/mol. The molecular formula is C26H28ClF3N2O6. The van der Waals surface area contributed by atoms with Gasteiger partial charge in [-0.25, -0.2) is 0 Å². The van der Waals surface area contributed by atoms with Gasteiger partial charge in [0.1, 0.15) is 11.9 Å². The minimum Gasteiger partial charge on any atom is -0.464 e. The summed E-state index contributed by atoms with van der Waals surface area (Å²) >= 11 is 6.42. The van der Waals surface area contributed by atoms with Crippen LogP contribution in [0.15, 0.2) is 42.5 Å². The fourth-order valence-corrected chi connectivity index (χ4v) is 4.70. The summed E-state index contributed by atoms with van der Waals surface area (Å²) in [6, 6.07) is 9.44. The molecular weight excluding hydrogens is 529 g/mol. The van der Waals surface area contributed by atoms with Crippen LogP contribution in [0.2, 0.25) is 5.02 Å². The van der Waals surface area contributed by atoms with Crippen molar-refractivity contribution in [3.63, 3.8) is 0 Å². The van der Waals surface area contributed by atoms with Gasteiger partial charge in [0, 0.05) is 29.8 Å². The molecule has 2 aromatic carbocycles. The standard InChI is InChI=1S/C26H28ClF3N2O6/c1-25(2,3)38-24-23(36-24)32-11-10-16(35-14-33)13-20(32)22(34)31-15-8-9-17(19(27)12-15)18-6-4-5-7-21(18)37-26(28,29)30/h4-9,12,14,16,20,23-24H,10-11,13H2,1-3H3,(H,31,34)/t16-,20-,23?,24?/m1/s1. The van der Waals surface area contributed by atoms with Crippen molar-refractivity contribution in [2.75, 3.05) is 11.9 Å². The third-order valence-corrected chi connectivity index (χ3v) is 6.33. The van der Waals surface area contributed by atoms with E-state index < -0.39 is 42.4 Å². The number of nitrogens with one attached hydrogen (secondary N) is 1. The quantitative estimate of drug-likeness (QED) is 0.346. The number of carbonyl (C=O) groups excluding carboxylic acids is 2. The summed E-state index contributed by atoms with van der Waals surface area (Å²) in [5.74, 6) is -0.770. The molecule has 8 nitrogen and oxygen atoms in total. The average Bonchev–Trinajstić information content (AvgIpc) is 3.56. The van der Waals surface area contributed by atoms with E-state index in [1.54, 1.807) is 6.07 Å². The summed E-state index contributed by atoms with van der Waals surface area (Å²) < 4.78 is 59.3. The Labute approximate surface area is 222 Å². The van der Waals surface area contributed by atoms with E-state index in [0.29, 0.717) is 30.7 Å². The smallest absolute Gasteiger partial charge is 0.464 e. The van der Waals surface area contributed by atoms with Gasteiger partial charge in [0.05, 0.1) is 16.7 Å². The molecule has 0 aliphatic carbocycles. The van der Waals surface area contributed by atoms with Crippen LogP contribution in [0.25, 0.3) is 11.1 Å². The lowest BCUT2D eigenvalue weighted by Crippen LogP contribution is -2.53. The first-order chi connectivity index (χ1) is 17.8. The Morgan fingerprint density at radius 1 is 1.16 bits per heavy atom. The fourth-order valence-electron chi connectivity index (χ4n) is 4.42. The predicted octanol–water partition coefficient (Wildman–Crippen LogP) is 5.35. The highest BCUT2D eigenvalue weighted by atomic mass is 35.5. The highest BCUT2D eigenvalue weighted by Gasteiger charge is 2.52. The Morgan fingerprint density at radius 2 is 1.89 bits per heavy atom. The average molecular weight is 557 g/mol. The lowest BCUT2D eigenvalue weighted by atomic mass is 9.98. The molecule has 0 radical (unpaired) electrons. The molecule has 4 atom stereocenters. The number of para-hydroxylation sites is 1. The first-order valence-electron chi connectivity index (χ1n) is 12.0. The van der Waals surface area contributed by atoms with E-state index in [0.717, 1.165) is 0 Å². The molecule has 0 saturated carbocycles. The Balaban J connectivity index is 1.51. The van der Waals surface area contributed by atoms with Crippen LogP contribution in [-0.2, 0) is 23.8 Å². The van der Waals surface area contributed by atoms with Gasteiger partial charge in [-0.05, 0) is 45.4 Å². The van der Waals surface area contributed by atoms with E-state index in [-0.39, 0.29) is 22.9 Å². The number of likely N-dealkylation sites (tertiary alicyclic amines) is 1. The number of halogens is 4. The van der Waals surface area contributed by atoms with Gasteiger partial charge in [0.15, 0.2) is 12.5 Å². The van der Waals surface area contributed by atoms with Crippen molar-refractivity contribution in [3.05, 3.63) is 47.5 Å². The van der Waals surface area contributed by atoms with Crippen LogP contribution in [0, 0.1) is 0 Å². The number of carbonyl (C=O) groups is 2. The Morgan fingerprint density at radius 3 is 2.55 bits per heavy atom. The zero-order valence-electron chi connectivity index (χ0n) is 21.0. The number of rotatable bonds is 8. The van der Waals surface area contributed by atoms with E-state index in [2.05, 4.69) is 10.1 Å². The van der Waals surface area contributed by atoms with E-state index in [1.165, 1.54) is 36.4 Å². The number of hydrogen-bond acceptors (Lipinski definition) is 7. The van der Waals surface area contributed by atoms with Crippen molar-refractivity contribution in [1.82, 2.24) is 4.90 Å². The molecule has 0 bridgehead atoms. The molecule has 2 aliphatic rings. The lowest BCUT2D eigenvalue weighted by Gasteiger charge is -2.36. The first-order valence-corrected chi connectivity index (χ1v) is 12.4. The Hall–Kier alpha value is -2.86. The number of ether oxygens (including phenoxy) is 4. The Bertz CT molecular complexity index is 1170. The van der Waals surface area contributed by atoms with Crippen LogP contribution in [0.4, 0.5) is 18.9 Å². The number of amides is 1. The number of alkyl halides is 3. The second-order valence-electron chi connectivity index (χ2n) is 9.99. The summed E-state index contributed by atoms with van der Waals surface area (Å²) in [6.07, 6.45) is -5.42. The van der Waals surface area contributed by atoms with Crippen molar-refractivity contribution in [3.8, 4) is 16.9 Å². The van der Waals surface area contributed by atoms with Crippen molar-refractivity contribution in [2.45, 2.75) is 70.2 Å². The molecule has 2 aromatic rings. The highest BCUT2D eigenvalue weighted by molar-refractivity contribution is 6.33. The van der Waals surface area contributed by atoms with Crippen LogP contribution in [0.3, 0.4) is 0 Å². The number of nitrogens with zero attached hydrogens (tertiary/aromatic N) is 1. The molecule has 12 heteroatoms. The molecule has 1 amide bonds. The van der Waals surface area contributed by atoms with Crippen molar-refractivity contribution in [2.24, 2.45) is 0 Å². The first kappa shape index (κ1) is 28.2. The van der Waals surface area contributed by atoms with Crippen LogP contribution in [0.1, 0.15) is 33.6 Å². The van der Waals surface area contributed by atoms with Crippen LogP contribution >= 0.6 is 11.6 Å². The number of anilines is 1. The lowest BCUT2D eigenvalue weighted by molar-refractivity contribution is -0.274. The van der Waals surface area contributed by atoms with Gasteiger partial charge in [-0.2, -0.15) is 0 Å². The zero-order valence-corrected chi connectivity index (χ0v) is 21.7. The maximum atomic E-state index is 13.3. The second-order valence-corrected chi connectivity index (χ2v) is 10.4. The summed E-state index contributed by atoms with van der Waals surface area (Å²) in [4.78, 5) is 26.1. The molecule has 2 saturated heterocycles. The zero-order chi connectivity index (χ0) is 27.7. The normalized spacial score (nSPS) is 24.0. The molecule has 4 rings (SSSR count). The third-order valence-electron chi connectivity index (χ3n) is 6.01. The minimum absolute atomic E-state index is 0.118. The molecule has 1 N–H and O–H groups in total. The van der Waals surface area contributed by atoms with Gasteiger partial charge >= 0.3 is 6.36 Å². The largest absolute Gasteiger partial charge is 0.573 e. The van der Waals surface area contributed by atoms with E-state index in [1.807, 2.05) is 25.7 Å². The minimum atomic E-state index is -4.87. The molecule has 38 heavy (non-hydrogen) atoms. The van der Waals surface area contributed by atoms with Gasteiger partial charge in [0.25, 0.3) is 6.47 Å². The molecule has 0 aromatic heterocycles. The maximum absolute atomic E-state index is 13.3. The number of hydrogen-bond donors (Lipinski definition) is 1. The molecule has 2 heterocycles. The van der Waals surface area contributed by atoms with Crippen molar-refractivity contribution in [1.29, 1.82) is 0 Å². The molecule has 206 valence electrons. The summed E-state index contributed by atoms with van der Waals surface area (Å²) in [7, 11) is 0. The number of benzene rings is 2. The Kier molecular flexibility index (Phi) is 8.22. The topological polar surface area (TPSA) is 89.6 Å². The summed E-state index contributed by atoms with van der Waals surface area (Å²) in [6.45, 7) is 6.53. The predicted molar refractivity (Wildman–Crippen MR) is 132 cm³/mol. The number of piperidine rings is 1. The van der Waals surface area contributed by atoms with Crippen LogP contribution in [-0.4, -0.2) is 60.5 Å². The van der Waals surface area contributed by atoms with Gasteiger partial charge in [-0.15, -0.1) is 13.2 Å². The molecule has 2 aliphatic heterocycles. The summed E-state index contributed by atoms with van der Waals surface area (Å²) in [5.41, 5.74) is 0.362. The van der Waals surface area contributed by atoms with Crippen molar-refractivity contribution < 1.29 is 41.7 Å². The van der Waals surface area contributed by atoms with Crippen molar-refractivity contribution >= 4 is 29.7 Å². The molecule has 2 fully saturated rings. The second kappa shape index (κ2) is 11.1. The van der Waals surface area contributed by atoms with E-state index in [9.17, 15) is 22.8 Å². The van der Waals surface area contributed by atoms with Gasteiger partial charge in [-0.3, -0.25) is 14.5 Å². The molecule has 2 unspecified atom stereocenters. The number of epoxide rings is 1. The fraction of sp³-hybridized carbons (Fsp3) is 0.462. The van der Waals surface area contributed by atoms with Gasteiger partial charge in [0.2, 0.25) is 5.91 Å². The highest BCUT2D eigenvalue weighted by Crippen LogP contribution is 2.39. The van der Waals surface area contributed by atoms with E-state index >= 15 is 0 Å².